The molecule has 0 aliphatic heterocycles. The summed E-state index contributed by atoms with van der Waals surface area (Å²) in [7, 11) is 5.35. The molecule has 0 aliphatic rings. The van der Waals surface area contributed by atoms with Gasteiger partial charge in [0.2, 0.25) is 0 Å². The van der Waals surface area contributed by atoms with E-state index in [1.165, 1.54) is 12.1 Å². The fourth-order valence-electron chi connectivity index (χ4n) is 2.50. The van der Waals surface area contributed by atoms with Gasteiger partial charge in [-0.1, -0.05) is 12.1 Å². The zero-order valence-corrected chi connectivity index (χ0v) is 15.0. The van der Waals surface area contributed by atoms with Gasteiger partial charge in [0.25, 0.3) is 5.91 Å². The summed E-state index contributed by atoms with van der Waals surface area (Å²) < 4.78 is 13.1. The first-order valence-corrected chi connectivity index (χ1v) is 8.19. The molecule has 2 rings (SSSR count). The van der Waals surface area contributed by atoms with Crippen LogP contribution in [-0.4, -0.2) is 44.5 Å². The number of hydrogen-bond donors (Lipinski definition) is 3. The average Bonchev–Trinajstić information content (AvgIpc) is 2.63. The van der Waals surface area contributed by atoms with Gasteiger partial charge in [0.1, 0.15) is 5.82 Å². The molecule has 1 unspecified atom stereocenters. The van der Waals surface area contributed by atoms with E-state index in [9.17, 15) is 14.0 Å². The molecular formula is C19H23FN4O2. The molecule has 3 amide bonds. The summed E-state index contributed by atoms with van der Waals surface area (Å²) in [5.74, 6) is -0.480. The number of hydrogen-bond acceptors (Lipinski definition) is 3. The second-order valence-corrected chi connectivity index (χ2v) is 6.02. The number of benzene rings is 2. The van der Waals surface area contributed by atoms with Crippen LogP contribution >= 0.6 is 0 Å². The quantitative estimate of drug-likeness (QED) is 0.743. The number of anilines is 1. The normalized spacial score (nSPS) is 11.7. The molecule has 6 nitrogen and oxygen atoms in total. The van der Waals surface area contributed by atoms with E-state index in [0.29, 0.717) is 17.8 Å². The smallest absolute Gasteiger partial charge is 0.319 e. The largest absolute Gasteiger partial charge is 0.355 e. The van der Waals surface area contributed by atoms with Crippen molar-refractivity contribution in [1.29, 1.82) is 0 Å². The Balaban J connectivity index is 1.93. The van der Waals surface area contributed by atoms with E-state index < -0.39 is 0 Å². The van der Waals surface area contributed by atoms with Gasteiger partial charge in [-0.25, -0.2) is 9.18 Å². The maximum Gasteiger partial charge on any atom is 0.319 e. The molecule has 0 bridgehead atoms. The standard InChI is InChI=1S/C19H23FN4O2/c1-21-18(25)14-6-10-16(11-7-14)23-19(26)22-12-17(24(2)3)13-4-8-15(20)9-5-13/h4-11,17H,12H2,1-3H3,(H,21,25)(H2,22,23,26). The van der Waals surface area contributed by atoms with E-state index in [1.54, 1.807) is 43.4 Å². The lowest BCUT2D eigenvalue weighted by Crippen LogP contribution is -2.36. The lowest BCUT2D eigenvalue weighted by atomic mass is 10.1. The Labute approximate surface area is 152 Å². The van der Waals surface area contributed by atoms with Gasteiger partial charge in [0, 0.05) is 24.8 Å². The molecule has 3 N–H and O–H groups in total. The lowest BCUT2D eigenvalue weighted by Gasteiger charge is -2.25. The first-order chi connectivity index (χ1) is 12.4. The van der Waals surface area contributed by atoms with Crippen molar-refractivity contribution in [3.63, 3.8) is 0 Å². The van der Waals surface area contributed by atoms with Gasteiger partial charge in [-0.15, -0.1) is 0 Å². The van der Waals surface area contributed by atoms with Crippen LogP contribution in [0, 0.1) is 5.82 Å². The molecule has 0 aliphatic carbocycles. The Morgan fingerprint density at radius 3 is 2.19 bits per heavy atom. The summed E-state index contributed by atoms with van der Waals surface area (Å²) >= 11 is 0. The van der Waals surface area contributed by atoms with E-state index in [-0.39, 0.29) is 23.8 Å². The molecule has 0 fully saturated rings. The molecule has 138 valence electrons. The van der Waals surface area contributed by atoms with Crippen molar-refractivity contribution in [2.24, 2.45) is 0 Å². The Hall–Kier alpha value is -2.93. The van der Waals surface area contributed by atoms with Gasteiger partial charge in [-0.3, -0.25) is 4.79 Å². The van der Waals surface area contributed by atoms with E-state index >= 15 is 0 Å². The van der Waals surface area contributed by atoms with Crippen molar-refractivity contribution in [2.75, 3.05) is 33.0 Å². The summed E-state index contributed by atoms with van der Waals surface area (Å²) in [5, 5.41) is 8.07. The molecule has 26 heavy (non-hydrogen) atoms. The van der Waals surface area contributed by atoms with Gasteiger partial charge < -0.3 is 20.9 Å². The van der Waals surface area contributed by atoms with E-state index in [4.69, 9.17) is 0 Å². The van der Waals surface area contributed by atoms with Crippen molar-refractivity contribution < 1.29 is 14.0 Å². The highest BCUT2D eigenvalue weighted by atomic mass is 19.1. The minimum Gasteiger partial charge on any atom is -0.355 e. The minimum absolute atomic E-state index is 0.0861. The summed E-state index contributed by atoms with van der Waals surface area (Å²) in [4.78, 5) is 25.6. The van der Waals surface area contributed by atoms with Crippen molar-refractivity contribution >= 4 is 17.6 Å². The van der Waals surface area contributed by atoms with Crippen molar-refractivity contribution in [1.82, 2.24) is 15.5 Å². The second-order valence-electron chi connectivity index (χ2n) is 6.02. The molecule has 2 aromatic rings. The molecule has 2 aromatic carbocycles. The average molecular weight is 358 g/mol. The Bertz CT molecular complexity index is 745. The summed E-state index contributed by atoms with van der Waals surface area (Å²) in [6.07, 6.45) is 0. The van der Waals surface area contributed by atoms with Crippen molar-refractivity contribution in [3.8, 4) is 0 Å². The number of carbonyl (C=O) groups excluding carboxylic acids is 2. The van der Waals surface area contributed by atoms with Crippen LogP contribution in [0.3, 0.4) is 0 Å². The number of rotatable bonds is 6. The van der Waals surface area contributed by atoms with Crippen LogP contribution in [0.5, 0.6) is 0 Å². The summed E-state index contributed by atoms with van der Waals surface area (Å²) in [5.41, 5.74) is 2.01. The molecule has 0 saturated carbocycles. The summed E-state index contributed by atoms with van der Waals surface area (Å²) in [6.45, 7) is 0.362. The van der Waals surface area contributed by atoms with Crippen LogP contribution in [0.1, 0.15) is 22.0 Å². The van der Waals surface area contributed by atoms with Crippen LogP contribution in [0.25, 0.3) is 0 Å². The molecule has 7 heteroatoms. The number of urea groups is 1. The highest BCUT2D eigenvalue weighted by molar-refractivity contribution is 5.95. The monoisotopic (exact) mass is 358 g/mol. The molecular weight excluding hydrogens is 335 g/mol. The van der Waals surface area contributed by atoms with Crippen LogP contribution in [-0.2, 0) is 0 Å². The fraction of sp³-hybridized carbons (Fsp3) is 0.263. The predicted octanol–water partition coefficient (Wildman–Crippen LogP) is 2.61. The van der Waals surface area contributed by atoms with Crippen LogP contribution in [0.15, 0.2) is 48.5 Å². The van der Waals surface area contributed by atoms with E-state index in [1.807, 2.05) is 19.0 Å². The van der Waals surface area contributed by atoms with Crippen LogP contribution in [0.2, 0.25) is 0 Å². The Morgan fingerprint density at radius 2 is 1.65 bits per heavy atom. The highest BCUT2D eigenvalue weighted by Crippen LogP contribution is 2.18. The number of carbonyl (C=O) groups is 2. The third-order valence-electron chi connectivity index (χ3n) is 3.97. The van der Waals surface area contributed by atoms with Gasteiger partial charge >= 0.3 is 6.03 Å². The topological polar surface area (TPSA) is 73.5 Å². The zero-order chi connectivity index (χ0) is 19.1. The number of halogens is 1. The molecule has 0 heterocycles. The van der Waals surface area contributed by atoms with Crippen molar-refractivity contribution in [3.05, 3.63) is 65.5 Å². The lowest BCUT2D eigenvalue weighted by molar-refractivity contribution is 0.0963. The molecule has 1 atom stereocenters. The summed E-state index contributed by atoms with van der Waals surface area (Å²) in [6, 6.07) is 12.4. The minimum atomic E-state index is -0.355. The SMILES string of the molecule is CNC(=O)c1ccc(NC(=O)NCC(c2ccc(F)cc2)N(C)C)cc1. The first kappa shape index (κ1) is 19.4. The predicted molar refractivity (Wildman–Crippen MR) is 99.7 cm³/mol. The van der Waals surface area contributed by atoms with Crippen LogP contribution in [0.4, 0.5) is 14.9 Å². The molecule has 0 saturated heterocycles. The van der Waals surface area contributed by atoms with Crippen LogP contribution < -0.4 is 16.0 Å². The number of likely N-dealkylation sites (N-methyl/N-ethyl adjacent to an activating group) is 1. The molecule has 0 aromatic heterocycles. The molecule has 0 radical (unpaired) electrons. The van der Waals surface area contributed by atoms with Gasteiger partial charge in [-0.05, 0) is 56.1 Å². The van der Waals surface area contributed by atoms with Gasteiger partial charge in [0.15, 0.2) is 0 Å². The third kappa shape index (κ3) is 5.29. The third-order valence-corrected chi connectivity index (χ3v) is 3.97. The fourth-order valence-corrected chi connectivity index (χ4v) is 2.50. The first-order valence-electron chi connectivity index (χ1n) is 8.19. The maximum absolute atomic E-state index is 13.1. The Kier molecular flexibility index (Phi) is 6.68. The van der Waals surface area contributed by atoms with Gasteiger partial charge in [0.05, 0.1) is 6.04 Å². The molecule has 0 spiro atoms. The second kappa shape index (κ2) is 8.96. The Morgan fingerprint density at radius 1 is 1.04 bits per heavy atom. The highest BCUT2D eigenvalue weighted by Gasteiger charge is 2.15. The number of nitrogens with zero attached hydrogens (tertiary/aromatic N) is 1. The number of amides is 3. The van der Waals surface area contributed by atoms with Crippen molar-refractivity contribution in [2.45, 2.75) is 6.04 Å². The maximum atomic E-state index is 13.1. The van der Waals surface area contributed by atoms with Gasteiger partial charge in [-0.2, -0.15) is 0 Å². The zero-order valence-electron chi connectivity index (χ0n) is 15.0. The number of nitrogens with one attached hydrogen (secondary N) is 3. The van der Waals surface area contributed by atoms with E-state index in [2.05, 4.69) is 16.0 Å². The van der Waals surface area contributed by atoms with E-state index in [0.717, 1.165) is 5.56 Å².